The number of oxime groups is 1. The van der Waals surface area contributed by atoms with Crippen molar-refractivity contribution in [1.29, 1.82) is 0 Å². The van der Waals surface area contributed by atoms with E-state index in [2.05, 4.69) is 5.16 Å². The Balaban J connectivity index is 2.30. The molecule has 8 nitrogen and oxygen atoms in total. The predicted molar refractivity (Wildman–Crippen MR) is 77.0 cm³/mol. The largest absolute Gasteiger partial charge is 0.444 e. The van der Waals surface area contributed by atoms with E-state index in [9.17, 15) is 4.79 Å². The first-order chi connectivity index (χ1) is 10.3. The highest BCUT2D eigenvalue weighted by molar-refractivity contribution is 5.72. The van der Waals surface area contributed by atoms with E-state index < -0.39 is 23.5 Å². The molecule has 3 atom stereocenters. The summed E-state index contributed by atoms with van der Waals surface area (Å²) in [6.07, 6.45) is 0.521. The van der Waals surface area contributed by atoms with E-state index in [0.717, 1.165) is 0 Å². The topological polar surface area (TPSA) is 89.8 Å². The number of carbonyl (C=O) groups excluding carboxylic acids is 1. The molecule has 8 heteroatoms. The normalized spacial score (nSPS) is 30.8. The van der Waals surface area contributed by atoms with E-state index in [1.165, 1.54) is 25.3 Å². The predicted octanol–water partition coefficient (Wildman–Crippen LogP) is 1.07. The third kappa shape index (κ3) is 2.90. The molecular weight excluding hydrogens is 292 g/mol. The standard InChI is InChI=1S/C14H24N2O6/c1-13(2,3)22-12(17)16-7-9(6-15-18)10-11(16)14(19-4,20-5)8-21-10/h6,9-11,18H,7-8H2,1-5H3/t9?,10-,11+/m1/s1. The van der Waals surface area contributed by atoms with Gasteiger partial charge in [0.1, 0.15) is 18.2 Å². The number of methoxy groups -OCH3 is 2. The summed E-state index contributed by atoms with van der Waals surface area (Å²) in [6.45, 7) is 5.90. The zero-order chi connectivity index (χ0) is 16.5. The first-order valence-electron chi connectivity index (χ1n) is 7.17. The van der Waals surface area contributed by atoms with Crippen LogP contribution in [0.3, 0.4) is 0 Å². The number of ether oxygens (including phenoxy) is 4. The van der Waals surface area contributed by atoms with E-state index in [-0.39, 0.29) is 18.6 Å². The van der Waals surface area contributed by atoms with E-state index in [4.69, 9.17) is 24.2 Å². The third-order valence-corrected chi connectivity index (χ3v) is 3.98. The summed E-state index contributed by atoms with van der Waals surface area (Å²) in [5.41, 5.74) is -0.613. The summed E-state index contributed by atoms with van der Waals surface area (Å²) >= 11 is 0. The van der Waals surface area contributed by atoms with Crippen LogP contribution in [-0.4, -0.2) is 73.3 Å². The van der Waals surface area contributed by atoms with Crippen molar-refractivity contribution < 1.29 is 28.9 Å². The van der Waals surface area contributed by atoms with Gasteiger partial charge in [-0.25, -0.2) is 4.79 Å². The van der Waals surface area contributed by atoms with Crippen molar-refractivity contribution in [3.8, 4) is 0 Å². The fourth-order valence-corrected chi connectivity index (χ4v) is 3.03. The van der Waals surface area contributed by atoms with Crippen molar-refractivity contribution >= 4 is 12.3 Å². The lowest BCUT2D eigenvalue weighted by Crippen LogP contribution is -2.55. The number of amides is 1. The van der Waals surface area contributed by atoms with Gasteiger partial charge in [-0.2, -0.15) is 0 Å². The van der Waals surface area contributed by atoms with Crippen molar-refractivity contribution in [3.05, 3.63) is 0 Å². The minimum Gasteiger partial charge on any atom is -0.444 e. The van der Waals surface area contributed by atoms with Gasteiger partial charge in [0.2, 0.25) is 5.79 Å². The van der Waals surface area contributed by atoms with Crippen molar-refractivity contribution in [2.45, 2.75) is 44.3 Å². The van der Waals surface area contributed by atoms with E-state index in [0.29, 0.717) is 6.54 Å². The third-order valence-electron chi connectivity index (χ3n) is 3.98. The van der Waals surface area contributed by atoms with Gasteiger partial charge in [-0.05, 0) is 20.8 Å². The van der Waals surface area contributed by atoms with Crippen LogP contribution in [-0.2, 0) is 18.9 Å². The molecule has 2 rings (SSSR count). The summed E-state index contributed by atoms with van der Waals surface area (Å²) in [6, 6.07) is -0.472. The Morgan fingerprint density at radius 1 is 1.41 bits per heavy atom. The average molecular weight is 316 g/mol. The van der Waals surface area contributed by atoms with Gasteiger partial charge in [0.15, 0.2) is 0 Å². The first kappa shape index (κ1) is 17.0. The molecule has 0 aromatic rings. The number of hydrogen-bond acceptors (Lipinski definition) is 7. The van der Waals surface area contributed by atoms with Crippen molar-refractivity contribution in [1.82, 2.24) is 4.90 Å². The van der Waals surface area contributed by atoms with Crippen LogP contribution < -0.4 is 0 Å². The van der Waals surface area contributed by atoms with E-state index in [1.54, 1.807) is 20.8 Å². The molecule has 1 amide bonds. The summed E-state index contributed by atoms with van der Waals surface area (Å²) in [4.78, 5) is 14.0. The Hall–Kier alpha value is -1.38. The van der Waals surface area contributed by atoms with Crippen LogP contribution in [0.2, 0.25) is 0 Å². The number of likely N-dealkylation sites (tertiary alicyclic amines) is 1. The molecule has 2 heterocycles. The number of hydrogen-bond donors (Lipinski definition) is 1. The molecule has 2 fully saturated rings. The molecule has 2 aliphatic rings. The minimum absolute atomic E-state index is 0.185. The zero-order valence-corrected chi connectivity index (χ0v) is 13.6. The molecule has 0 bridgehead atoms. The second-order valence-electron chi connectivity index (χ2n) is 6.50. The van der Waals surface area contributed by atoms with Gasteiger partial charge in [0.05, 0.1) is 12.3 Å². The quantitative estimate of drug-likeness (QED) is 0.362. The lowest BCUT2D eigenvalue weighted by atomic mass is 10.00. The second kappa shape index (κ2) is 6.02. The maximum absolute atomic E-state index is 12.5. The summed E-state index contributed by atoms with van der Waals surface area (Å²) < 4.78 is 22.2. The number of fused-ring (bicyclic) bond motifs is 1. The van der Waals surface area contributed by atoms with Gasteiger partial charge < -0.3 is 24.2 Å². The summed E-state index contributed by atoms with van der Waals surface area (Å²) in [5.74, 6) is -1.31. The Morgan fingerprint density at radius 3 is 2.55 bits per heavy atom. The van der Waals surface area contributed by atoms with Gasteiger partial charge in [0, 0.05) is 26.7 Å². The smallest absolute Gasteiger partial charge is 0.410 e. The molecule has 0 aromatic heterocycles. The lowest BCUT2D eigenvalue weighted by Gasteiger charge is -2.36. The molecular formula is C14H24N2O6. The van der Waals surface area contributed by atoms with Crippen LogP contribution >= 0.6 is 0 Å². The number of rotatable bonds is 3. The highest BCUT2D eigenvalue weighted by Crippen LogP contribution is 2.41. The van der Waals surface area contributed by atoms with E-state index in [1.807, 2.05) is 0 Å². The molecule has 22 heavy (non-hydrogen) atoms. The SMILES string of the molecule is COC1(OC)CO[C@@H]2C(C=NO)CN(C(=O)OC(C)(C)C)[C@@H]21. The Morgan fingerprint density at radius 2 is 2.05 bits per heavy atom. The monoisotopic (exact) mass is 316 g/mol. The van der Waals surface area contributed by atoms with Crippen LogP contribution in [0.1, 0.15) is 20.8 Å². The molecule has 2 aliphatic heterocycles. The number of carbonyl (C=O) groups is 1. The second-order valence-corrected chi connectivity index (χ2v) is 6.50. The Bertz CT molecular complexity index is 443. The number of nitrogens with zero attached hydrogens (tertiary/aromatic N) is 2. The molecule has 0 aromatic carbocycles. The molecule has 2 saturated heterocycles. The van der Waals surface area contributed by atoms with Crippen molar-refractivity contribution in [3.63, 3.8) is 0 Å². The highest BCUT2D eigenvalue weighted by Gasteiger charge is 2.61. The molecule has 1 unspecified atom stereocenters. The van der Waals surface area contributed by atoms with E-state index >= 15 is 0 Å². The maximum atomic E-state index is 12.5. The Labute approximate surface area is 129 Å². The molecule has 0 spiro atoms. The van der Waals surface area contributed by atoms with Crippen LogP contribution in [0.25, 0.3) is 0 Å². The van der Waals surface area contributed by atoms with Crippen LogP contribution in [0.15, 0.2) is 5.16 Å². The van der Waals surface area contributed by atoms with Crippen molar-refractivity contribution in [2.24, 2.45) is 11.1 Å². The highest BCUT2D eigenvalue weighted by atomic mass is 16.7. The average Bonchev–Trinajstić information content (AvgIpc) is 2.97. The summed E-state index contributed by atoms with van der Waals surface area (Å²) in [7, 11) is 3.02. The molecule has 126 valence electrons. The molecule has 0 radical (unpaired) electrons. The first-order valence-corrected chi connectivity index (χ1v) is 7.17. The van der Waals surface area contributed by atoms with Crippen LogP contribution in [0.4, 0.5) is 4.79 Å². The summed E-state index contributed by atoms with van der Waals surface area (Å²) in [5, 5.41) is 11.9. The van der Waals surface area contributed by atoms with Gasteiger partial charge in [-0.15, -0.1) is 5.16 Å². The van der Waals surface area contributed by atoms with Crippen LogP contribution in [0.5, 0.6) is 0 Å². The molecule has 0 aliphatic carbocycles. The van der Waals surface area contributed by atoms with Crippen molar-refractivity contribution in [2.75, 3.05) is 27.4 Å². The van der Waals surface area contributed by atoms with Crippen LogP contribution in [0, 0.1) is 5.92 Å². The fraction of sp³-hybridized carbons (Fsp3) is 0.857. The zero-order valence-electron chi connectivity index (χ0n) is 13.6. The van der Waals surface area contributed by atoms with Gasteiger partial charge in [0.25, 0.3) is 0 Å². The van der Waals surface area contributed by atoms with Gasteiger partial charge in [-0.1, -0.05) is 0 Å². The lowest BCUT2D eigenvalue weighted by molar-refractivity contribution is -0.224. The van der Waals surface area contributed by atoms with Gasteiger partial charge >= 0.3 is 6.09 Å². The molecule has 0 saturated carbocycles. The molecule has 1 N–H and O–H groups in total. The van der Waals surface area contributed by atoms with Gasteiger partial charge in [-0.3, -0.25) is 4.90 Å². The fourth-order valence-electron chi connectivity index (χ4n) is 3.03. The minimum atomic E-state index is -1.06. The Kier molecular flexibility index (Phi) is 4.65. The maximum Gasteiger partial charge on any atom is 0.410 e.